The molecule has 2 aromatic rings. The first-order valence-corrected chi connectivity index (χ1v) is 7.50. The molecule has 6 heteroatoms. The van der Waals surface area contributed by atoms with Gasteiger partial charge in [0.1, 0.15) is 17.1 Å². The van der Waals surface area contributed by atoms with Crippen molar-refractivity contribution in [1.82, 2.24) is 14.8 Å². The molecule has 0 bridgehead atoms. The van der Waals surface area contributed by atoms with Gasteiger partial charge >= 0.3 is 0 Å². The number of aliphatic hydroxyl groups excluding tert-OH is 1. The Bertz CT molecular complexity index is 1060. The van der Waals surface area contributed by atoms with Crippen LogP contribution in [0.2, 0.25) is 0 Å². The average molecular weight is 321 g/mol. The Kier molecular flexibility index (Phi) is 3.32. The zero-order valence-electron chi connectivity index (χ0n) is 13.0. The molecule has 2 heterocycles. The van der Waals surface area contributed by atoms with Gasteiger partial charge in [0.2, 0.25) is 0 Å². The van der Waals surface area contributed by atoms with Gasteiger partial charge in [-0.05, 0) is 29.8 Å². The Morgan fingerprint density at radius 3 is 2.88 bits per heavy atom. The lowest BCUT2D eigenvalue weighted by molar-refractivity contribution is 0.282. The summed E-state index contributed by atoms with van der Waals surface area (Å²) in [5.41, 5.74) is 3.07. The first-order chi connectivity index (χ1) is 11.7. The fraction of sp³-hybridized carbons (Fsp3) is 0.111. The monoisotopic (exact) mass is 321 g/mol. The molecule has 0 atom stereocenters. The van der Waals surface area contributed by atoms with Crippen LogP contribution in [0, 0.1) is 0 Å². The van der Waals surface area contributed by atoms with Crippen LogP contribution in [0.4, 0.5) is 0 Å². The highest BCUT2D eigenvalue weighted by Crippen LogP contribution is 2.28. The van der Waals surface area contributed by atoms with Gasteiger partial charge in [0.25, 0.3) is 5.56 Å². The van der Waals surface area contributed by atoms with Crippen molar-refractivity contribution < 1.29 is 9.84 Å². The molecule has 120 valence electrons. The van der Waals surface area contributed by atoms with E-state index in [1.165, 1.54) is 4.68 Å². The second-order valence-electron chi connectivity index (χ2n) is 5.48. The third-order valence-electron chi connectivity index (χ3n) is 4.08. The standard InChI is InChI=1S/C18H15N3O3/c1-24-16-5-3-2-4-15(16)21-18(23)13-9-19-14-7-6-11(10-22)8-12(14)17(13)20-21/h2-9,19,22H,10H2,1H3. The Labute approximate surface area is 137 Å². The summed E-state index contributed by atoms with van der Waals surface area (Å²) < 4.78 is 6.68. The molecule has 6 nitrogen and oxygen atoms in total. The number of hydrogen-bond acceptors (Lipinski definition) is 4. The summed E-state index contributed by atoms with van der Waals surface area (Å²) in [6.07, 6.45) is 1.66. The van der Waals surface area contributed by atoms with Gasteiger partial charge in [-0.1, -0.05) is 18.2 Å². The number of H-pyrrole nitrogens is 1. The molecule has 2 aliphatic heterocycles. The summed E-state index contributed by atoms with van der Waals surface area (Å²) in [6.45, 7) is -0.0657. The molecule has 24 heavy (non-hydrogen) atoms. The van der Waals surface area contributed by atoms with E-state index >= 15 is 0 Å². The molecule has 0 saturated carbocycles. The number of aliphatic hydroxyl groups is 1. The number of aromatic nitrogens is 3. The van der Waals surface area contributed by atoms with E-state index in [0.29, 0.717) is 22.7 Å². The van der Waals surface area contributed by atoms with Crippen LogP contribution >= 0.6 is 0 Å². The van der Waals surface area contributed by atoms with Crippen molar-refractivity contribution in [3.05, 3.63) is 64.6 Å². The van der Waals surface area contributed by atoms with Crippen LogP contribution in [0.1, 0.15) is 5.56 Å². The number of nitrogens with zero attached hydrogens (tertiary/aromatic N) is 2. The minimum atomic E-state index is -0.220. The molecule has 0 spiro atoms. The van der Waals surface area contributed by atoms with E-state index in [4.69, 9.17) is 4.74 Å². The van der Waals surface area contributed by atoms with Crippen molar-refractivity contribution in [1.29, 1.82) is 0 Å². The highest BCUT2D eigenvalue weighted by atomic mass is 16.5. The molecule has 0 unspecified atom stereocenters. The summed E-state index contributed by atoms with van der Waals surface area (Å²) in [5.74, 6) is 0.576. The quantitative estimate of drug-likeness (QED) is 0.607. The number of nitrogens with one attached hydrogen (secondary N) is 1. The Morgan fingerprint density at radius 2 is 2.08 bits per heavy atom. The topological polar surface area (TPSA) is 80.1 Å². The summed E-state index contributed by atoms with van der Waals surface area (Å²) in [4.78, 5) is 15.9. The minimum Gasteiger partial charge on any atom is -0.494 e. The van der Waals surface area contributed by atoms with Crippen LogP contribution in [-0.2, 0) is 6.61 Å². The third kappa shape index (κ3) is 2.08. The zero-order chi connectivity index (χ0) is 16.7. The Hall–Kier alpha value is -3.12. The molecule has 0 saturated heterocycles. The fourth-order valence-corrected chi connectivity index (χ4v) is 2.87. The van der Waals surface area contributed by atoms with Crippen LogP contribution in [0.5, 0.6) is 5.75 Å². The maximum Gasteiger partial charge on any atom is 0.282 e. The number of methoxy groups -OCH3 is 1. The average Bonchev–Trinajstić information content (AvgIpc) is 2.98. The van der Waals surface area contributed by atoms with Gasteiger partial charge in [0.15, 0.2) is 0 Å². The molecule has 0 fully saturated rings. The predicted molar refractivity (Wildman–Crippen MR) is 90.8 cm³/mol. The van der Waals surface area contributed by atoms with Gasteiger partial charge in [-0.25, -0.2) is 0 Å². The largest absolute Gasteiger partial charge is 0.494 e. The molecule has 0 radical (unpaired) electrons. The molecule has 2 N–H and O–H groups in total. The number of pyridine rings is 1. The van der Waals surface area contributed by atoms with Crippen LogP contribution < -0.4 is 10.3 Å². The van der Waals surface area contributed by atoms with Gasteiger partial charge in [-0.15, -0.1) is 0 Å². The van der Waals surface area contributed by atoms with E-state index < -0.39 is 0 Å². The van der Waals surface area contributed by atoms with E-state index in [-0.39, 0.29) is 12.2 Å². The third-order valence-corrected chi connectivity index (χ3v) is 4.08. The van der Waals surface area contributed by atoms with Gasteiger partial charge in [0, 0.05) is 17.1 Å². The van der Waals surface area contributed by atoms with Crippen LogP contribution in [0.3, 0.4) is 0 Å². The molecule has 2 aromatic carbocycles. The number of rotatable bonds is 3. The predicted octanol–water partition coefficient (Wildman–Crippen LogP) is 2.32. The van der Waals surface area contributed by atoms with Gasteiger partial charge < -0.3 is 14.8 Å². The molecule has 2 aliphatic rings. The van der Waals surface area contributed by atoms with E-state index in [1.807, 2.05) is 30.3 Å². The van der Waals surface area contributed by atoms with E-state index in [0.717, 1.165) is 16.5 Å². The lowest BCUT2D eigenvalue weighted by atomic mass is 10.1. The highest BCUT2D eigenvalue weighted by Gasteiger charge is 2.20. The maximum atomic E-state index is 12.8. The Morgan fingerprint density at radius 1 is 1.25 bits per heavy atom. The number of fused-ring (bicyclic) bond motifs is 3. The van der Waals surface area contributed by atoms with Crippen molar-refractivity contribution in [2.24, 2.45) is 0 Å². The molecule has 0 aromatic heterocycles. The van der Waals surface area contributed by atoms with Crippen molar-refractivity contribution in [2.75, 3.05) is 7.11 Å². The number of benzene rings is 2. The second kappa shape index (κ2) is 5.50. The van der Waals surface area contributed by atoms with Gasteiger partial charge in [0.05, 0.1) is 19.3 Å². The minimum absolute atomic E-state index is 0.0657. The molecular weight excluding hydrogens is 306 g/mol. The molecule has 0 aliphatic carbocycles. The van der Waals surface area contributed by atoms with Gasteiger partial charge in [-0.3, -0.25) is 4.79 Å². The maximum absolute atomic E-state index is 12.8. The summed E-state index contributed by atoms with van der Waals surface area (Å²) in [7, 11) is 1.56. The zero-order valence-corrected chi connectivity index (χ0v) is 13.0. The van der Waals surface area contributed by atoms with Crippen molar-refractivity contribution in [3.8, 4) is 22.7 Å². The lowest BCUT2D eigenvalue weighted by Gasteiger charge is -2.06. The van der Waals surface area contributed by atoms with Crippen LogP contribution in [-0.4, -0.2) is 27.0 Å². The van der Waals surface area contributed by atoms with E-state index in [2.05, 4.69) is 10.1 Å². The van der Waals surface area contributed by atoms with Crippen molar-refractivity contribution >= 4 is 10.9 Å². The van der Waals surface area contributed by atoms with Gasteiger partial charge in [-0.2, -0.15) is 9.78 Å². The van der Waals surface area contributed by atoms with Crippen molar-refractivity contribution in [3.63, 3.8) is 0 Å². The van der Waals surface area contributed by atoms with E-state index in [9.17, 15) is 9.90 Å². The Balaban J connectivity index is 2.05. The highest BCUT2D eigenvalue weighted by molar-refractivity contribution is 5.93. The van der Waals surface area contributed by atoms with E-state index in [1.54, 1.807) is 25.4 Å². The fourth-order valence-electron chi connectivity index (χ4n) is 2.87. The van der Waals surface area contributed by atoms with Crippen molar-refractivity contribution in [2.45, 2.75) is 6.61 Å². The normalized spacial score (nSPS) is 11.2. The molecular formula is C18H15N3O3. The smallest absolute Gasteiger partial charge is 0.282 e. The number of para-hydroxylation sites is 2. The summed E-state index contributed by atoms with van der Waals surface area (Å²) in [6, 6.07) is 12.8. The number of aromatic amines is 1. The van der Waals surface area contributed by atoms with Crippen LogP contribution in [0.25, 0.3) is 27.8 Å². The first-order valence-electron chi connectivity index (χ1n) is 7.50. The molecule has 0 amide bonds. The lowest BCUT2D eigenvalue weighted by Crippen LogP contribution is -2.15. The number of hydrogen-bond donors (Lipinski definition) is 2. The molecule has 4 rings (SSSR count). The summed E-state index contributed by atoms with van der Waals surface area (Å²) in [5, 5.41) is 14.7. The SMILES string of the molecule is COc1ccccc1-n1nc2c3cc(CO)ccc3[nH]cc-2c1=O. The second-order valence-corrected chi connectivity index (χ2v) is 5.48. The van der Waals surface area contributed by atoms with Crippen LogP contribution in [0.15, 0.2) is 53.5 Å². The summed E-state index contributed by atoms with van der Waals surface area (Å²) >= 11 is 0. The first kappa shape index (κ1) is 14.5. The number of ether oxygens (including phenoxy) is 1.